The Morgan fingerprint density at radius 1 is 1.24 bits per heavy atom. The summed E-state index contributed by atoms with van der Waals surface area (Å²) in [6, 6.07) is 9.51. The monoisotopic (exact) mass is 308 g/mol. The number of hydrogen-bond acceptors (Lipinski definition) is 2. The second-order valence-corrected chi connectivity index (χ2v) is 6.61. The molecule has 4 heteroatoms. The van der Waals surface area contributed by atoms with Crippen LogP contribution in [0.4, 0.5) is 0 Å². The van der Waals surface area contributed by atoms with Crippen LogP contribution in [0.5, 0.6) is 0 Å². The van der Waals surface area contributed by atoms with Gasteiger partial charge in [0.05, 0.1) is 0 Å². The molecule has 0 radical (unpaired) electrons. The summed E-state index contributed by atoms with van der Waals surface area (Å²) in [6.07, 6.45) is 6.04. The standard InChI is InChI=1S/C17H25ClN2O/c1-20(2)17(11-7-4-8-12-17)13-19-16(21)15(18)14-9-5-3-6-10-14/h3,5-6,9-10,15H,4,7-8,11-13H2,1-2H3,(H,19,21). The van der Waals surface area contributed by atoms with Gasteiger partial charge >= 0.3 is 0 Å². The van der Waals surface area contributed by atoms with Gasteiger partial charge in [0.15, 0.2) is 0 Å². The fourth-order valence-electron chi connectivity index (χ4n) is 3.11. The van der Waals surface area contributed by atoms with E-state index in [-0.39, 0.29) is 11.4 Å². The summed E-state index contributed by atoms with van der Waals surface area (Å²) in [5.41, 5.74) is 0.931. The molecule has 116 valence electrons. The minimum absolute atomic E-state index is 0.0845. The maximum absolute atomic E-state index is 12.3. The maximum Gasteiger partial charge on any atom is 0.242 e. The van der Waals surface area contributed by atoms with Crippen LogP contribution >= 0.6 is 11.6 Å². The highest BCUT2D eigenvalue weighted by Crippen LogP contribution is 2.32. The predicted octanol–water partition coefficient (Wildman–Crippen LogP) is 3.35. The van der Waals surface area contributed by atoms with Crippen LogP contribution < -0.4 is 5.32 Å². The number of rotatable bonds is 5. The smallest absolute Gasteiger partial charge is 0.242 e. The van der Waals surface area contributed by atoms with Gasteiger partial charge < -0.3 is 10.2 Å². The van der Waals surface area contributed by atoms with Gasteiger partial charge in [0.2, 0.25) is 5.91 Å². The molecule has 1 aromatic rings. The molecule has 2 rings (SSSR count). The number of carbonyl (C=O) groups is 1. The fourth-order valence-corrected chi connectivity index (χ4v) is 3.33. The van der Waals surface area contributed by atoms with Crippen LogP contribution in [0.25, 0.3) is 0 Å². The number of carbonyl (C=O) groups excluding carboxylic acids is 1. The average Bonchev–Trinajstić information content (AvgIpc) is 2.53. The molecule has 0 saturated heterocycles. The Kier molecular flexibility index (Phi) is 5.65. The Morgan fingerprint density at radius 2 is 1.86 bits per heavy atom. The first kappa shape index (κ1) is 16.3. The van der Waals surface area contributed by atoms with Crippen LogP contribution in [0.1, 0.15) is 43.0 Å². The minimum Gasteiger partial charge on any atom is -0.353 e. The predicted molar refractivity (Wildman–Crippen MR) is 87.5 cm³/mol. The van der Waals surface area contributed by atoms with Crippen molar-refractivity contribution in [1.29, 1.82) is 0 Å². The van der Waals surface area contributed by atoms with Gasteiger partial charge in [-0.15, -0.1) is 11.6 Å². The van der Waals surface area contributed by atoms with E-state index in [1.165, 1.54) is 19.3 Å². The summed E-state index contributed by atoms with van der Waals surface area (Å²) in [7, 11) is 4.21. The number of halogens is 1. The molecule has 1 amide bonds. The maximum atomic E-state index is 12.3. The first-order valence-corrected chi connectivity index (χ1v) is 8.13. The van der Waals surface area contributed by atoms with E-state index in [2.05, 4.69) is 24.3 Å². The van der Waals surface area contributed by atoms with E-state index in [1.54, 1.807) is 0 Å². The van der Waals surface area contributed by atoms with Crippen LogP contribution in [0.2, 0.25) is 0 Å². The van der Waals surface area contributed by atoms with Crippen molar-refractivity contribution < 1.29 is 4.79 Å². The van der Waals surface area contributed by atoms with Crippen molar-refractivity contribution in [3.05, 3.63) is 35.9 Å². The summed E-state index contributed by atoms with van der Waals surface area (Å²) in [6.45, 7) is 0.675. The summed E-state index contributed by atoms with van der Waals surface area (Å²) < 4.78 is 0. The zero-order valence-electron chi connectivity index (χ0n) is 12.9. The summed E-state index contributed by atoms with van der Waals surface area (Å²) in [4.78, 5) is 14.6. The Labute approximate surface area is 132 Å². The number of likely N-dealkylation sites (N-methyl/N-ethyl adjacent to an activating group) is 1. The lowest BCUT2D eigenvalue weighted by Gasteiger charge is -2.43. The molecule has 1 atom stereocenters. The third-order valence-electron chi connectivity index (χ3n) is 4.65. The molecule has 1 aliphatic rings. The first-order valence-electron chi connectivity index (χ1n) is 7.69. The lowest BCUT2D eigenvalue weighted by molar-refractivity contribution is -0.121. The SMILES string of the molecule is CN(C)C1(CNC(=O)C(Cl)c2ccccc2)CCCCC1. The number of amides is 1. The molecule has 1 aliphatic carbocycles. The molecule has 1 aromatic carbocycles. The lowest BCUT2D eigenvalue weighted by atomic mass is 9.80. The number of hydrogen-bond donors (Lipinski definition) is 1. The van der Waals surface area contributed by atoms with E-state index in [1.807, 2.05) is 30.3 Å². The topological polar surface area (TPSA) is 32.3 Å². The third kappa shape index (κ3) is 3.98. The van der Waals surface area contributed by atoms with Gasteiger partial charge in [-0.3, -0.25) is 4.79 Å². The molecule has 0 heterocycles. The minimum atomic E-state index is -0.617. The largest absolute Gasteiger partial charge is 0.353 e. The van der Waals surface area contributed by atoms with E-state index in [9.17, 15) is 4.79 Å². The van der Waals surface area contributed by atoms with E-state index >= 15 is 0 Å². The van der Waals surface area contributed by atoms with Gasteiger partial charge in [0, 0.05) is 12.1 Å². The molecule has 0 bridgehead atoms. The summed E-state index contributed by atoms with van der Waals surface area (Å²) >= 11 is 6.27. The Hall–Kier alpha value is -1.06. The Bertz CT molecular complexity index is 455. The highest BCUT2D eigenvalue weighted by Gasteiger charge is 2.35. The Morgan fingerprint density at radius 3 is 2.43 bits per heavy atom. The molecule has 1 N–H and O–H groups in total. The number of nitrogens with zero attached hydrogens (tertiary/aromatic N) is 1. The zero-order chi connectivity index (χ0) is 15.3. The van der Waals surface area contributed by atoms with Gasteiger partial charge in [-0.05, 0) is 32.5 Å². The van der Waals surface area contributed by atoms with E-state index in [4.69, 9.17) is 11.6 Å². The molecular weight excluding hydrogens is 284 g/mol. The quantitative estimate of drug-likeness (QED) is 0.846. The zero-order valence-corrected chi connectivity index (χ0v) is 13.7. The van der Waals surface area contributed by atoms with Gasteiger partial charge in [0.25, 0.3) is 0 Å². The average molecular weight is 309 g/mol. The van der Waals surface area contributed by atoms with Crippen LogP contribution in [0.3, 0.4) is 0 Å². The Balaban J connectivity index is 1.96. The molecule has 3 nitrogen and oxygen atoms in total. The van der Waals surface area contributed by atoms with Crippen LogP contribution in [0.15, 0.2) is 30.3 Å². The van der Waals surface area contributed by atoms with Crippen molar-refractivity contribution in [3.8, 4) is 0 Å². The summed E-state index contributed by atoms with van der Waals surface area (Å²) in [5, 5.41) is 2.44. The van der Waals surface area contributed by atoms with E-state index in [0.717, 1.165) is 18.4 Å². The van der Waals surface area contributed by atoms with Crippen molar-refractivity contribution in [2.24, 2.45) is 0 Å². The van der Waals surface area contributed by atoms with Crippen LogP contribution in [-0.2, 0) is 4.79 Å². The first-order chi connectivity index (χ1) is 10.1. The van der Waals surface area contributed by atoms with Crippen LogP contribution in [-0.4, -0.2) is 37.0 Å². The molecule has 1 fully saturated rings. The number of alkyl halides is 1. The summed E-state index contributed by atoms with van der Waals surface area (Å²) in [5.74, 6) is -0.102. The number of nitrogens with one attached hydrogen (secondary N) is 1. The molecule has 1 unspecified atom stereocenters. The molecule has 21 heavy (non-hydrogen) atoms. The van der Waals surface area contributed by atoms with Crippen molar-refractivity contribution >= 4 is 17.5 Å². The van der Waals surface area contributed by atoms with Gasteiger partial charge in [-0.1, -0.05) is 49.6 Å². The molecule has 0 aliphatic heterocycles. The third-order valence-corrected chi connectivity index (χ3v) is 5.10. The van der Waals surface area contributed by atoms with E-state index < -0.39 is 5.38 Å². The lowest BCUT2D eigenvalue weighted by Crippen LogP contribution is -2.54. The van der Waals surface area contributed by atoms with Gasteiger partial charge in [-0.2, -0.15) is 0 Å². The highest BCUT2D eigenvalue weighted by atomic mass is 35.5. The van der Waals surface area contributed by atoms with Crippen LogP contribution in [0, 0.1) is 0 Å². The number of benzene rings is 1. The van der Waals surface area contributed by atoms with Gasteiger partial charge in [-0.25, -0.2) is 0 Å². The molecule has 0 spiro atoms. The highest BCUT2D eigenvalue weighted by molar-refractivity contribution is 6.30. The van der Waals surface area contributed by atoms with Crippen molar-refractivity contribution in [3.63, 3.8) is 0 Å². The molecule has 1 saturated carbocycles. The molecular formula is C17H25ClN2O. The second-order valence-electron chi connectivity index (χ2n) is 6.17. The van der Waals surface area contributed by atoms with E-state index in [0.29, 0.717) is 6.54 Å². The fraction of sp³-hybridized carbons (Fsp3) is 0.588. The molecule has 0 aromatic heterocycles. The van der Waals surface area contributed by atoms with Crippen molar-refractivity contribution in [2.45, 2.75) is 43.0 Å². The van der Waals surface area contributed by atoms with Gasteiger partial charge in [0.1, 0.15) is 5.38 Å². The second kappa shape index (κ2) is 7.28. The van der Waals surface area contributed by atoms with Crippen molar-refractivity contribution in [2.75, 3.05) is 20.6 Å². The van der Waals surface area contributed by atoms with Crippen molar-refractivity contribution in [1.82, 2.24) is 10.2 Å². The normalized spacial score (nSPS) is 19.2.